The molecule has 0 aromatic heterocycles. The SMILES string of the molecule is C/C=C1\CN2CCC34c5ccccc5N(C)C23C2CC1C4(C(=O)OC)C(O)O2. The van der Waals surface area contributed by atoms with Gasteiger partial charge in [-0.2, -0.15) is 0 Å². The molecular formula is C22H26N2O4. The molecule has 7 aliphatic rings. The summed E-state index contributed by atoms with van der Waals surface area (Å²) in [6, 6.07) is 8.37. The van der Waals surface area contributed by atoms with Crippen LogP contribution in [0.3, 0.4) is 0 Å². The van der Waals surface area contributed by atoms with E-state index >= 15 is 0 Å². The predicted octanol–water partition coefficient (Wildman–Crippen LogP) is 1.63. The molecule has 1 saturated carbocycles. The summed E-state index contributed by atoms with van der Waals surface area (Å²) in [5.41, 5.74) is 1.31. The molecule has 6 heteroatoms. The van der Waals surface area contributed by atoms with Crippen LogP contribution >= 0.6 is 0 Å². The number of nitrogens with zero attached hydrogens (tertiary/aromatic N) is 2. The maximum atomic E-state index is 13.7. The number of benzene rings is 1. The van der Waals surface area contributed by atoms with Crippen LogP contribution in [0.1, 0.15) is 25.3 Å². The van der Waals surface area contributed by atoms with Gasteiger partial charge in [-0.3, -0.25) is 9.69 Å². The zero-order chi connectivity index (χ0) is 19.5. The third-order valence-electron chi connectivity index (χ3n) is 8.66. The highest BCUT2D eigenvalue weighted by molar-refractivity contribution is 5.87. The van der Waals surface area contributed by atoms with Crippen LogP contribution in [0.15, 0.2) is 35.9 Å². The van der Waals surface area contributed by atoms with Crippen molar-refractivity contribution < 1.29 is 19.4 Å². The van der Waals surface area contributed by atoms with Gasteiger partial charge >= 0.3 is 5.97 Å². The van der Waals surface area contributed by atoms with Crippen molar-refractivity contribution >= 4 is 11.7 Å². The van der Waals surface area contributed by atoms with Crippen molar-refractivity contribution in [2.24, 2.45) is 11.3 Å². The summed E-state index contributed by atoms with van der Waals surface area (Å²) in [7, 11) is 3.56. The normalized spacial score (nSPS) is 48.6. The molecular weight excluding hydrogens is 356 g/mol. The fourth-order valence-electron chi connectivity index (χ4n) is 8.01. The number of aliphatic hydroxyl groups excluding tert-OH is 1. The molecule has 1 N–H and O–H groups in total. The number of ether oxygens (including phenoxy) is 2. The maximum Gasteiger partial charge on any atom is 0.318 e. The number of rotatable bonds is 1. The van der Waals surface area contributed by atoms with E-state index in [1.54, 1.807) is 0 Å². The Morgan fingerprint density at radius 2 is 2.18 bits per heavy atom. The summed E-state index contributed by atoms with van der Waals surface area (Å²) in [6.45, 7) is 3.71. The van der Waals surface area contributed by atoms with Crippen LogP contribution in [-0.4, -0.2) is 61.3 Å². The molecule has 148 valence electrons. The van der Waals surface area contributed by atoms with E-state index in [2.05, 4.69) is 35.1 Å². The first-order chi connectivity index (χ1) is 13.5. The molecule has 0 amide bonds. The van der Waals surface area contributed by atoms with Crippen molar-refractivity contribution in [3.63, 3.8) is 0 Å². The van der Waals surface area contributed by atoms with Crippen molar-refractivity contribution in [2.45, 2.75) is 43.2 Å². The highest BCUT2D eigenvalue weighted by Gasteiger charge is 2.89. The van der Waals surface area contributed by atoms with Gasteiger partial charge in [0, 0.05) is 31.7 Å². The fourth-order valence-corrected chi connectivity index (χ4v) is 8.01. The number of carbonyl (C=O) groups is 1. The fraction of sp³-hybridized carbons (Fsp3) is 0.591. The van der Waals surface area contributed by atoms with Crippen LogP contribution in [0, 0.1) is 11.3 Å². The summed E-state index contributed by atoms with van der Waals surface area (Å²) >= 11 is 0. The molecule has 6 heterocycles. The second kappa shape index (κ2) is 4.99. The quantitative estimate of drug-likeness (QED) is 0.589. The second-order valence-electron chi connectivity index (χ2n) is 8.87. The van der Waals surface area contributed by atoms with E-state index in [1.807, 2.05) is 19.1 Å². The van der Waals surface area contributed by atoms with Gasteiger partial charge in [0.05, 0.1) is 18.6 Å². The van der Waals surface area contributed by atoms with E-state index in [-0.39, 0.29) is 18.0 Å². The summed E-state index contributed by atoms with van der Waals surface area (Å²) in [5, 5.41) is 11.4. The third kappa shape index (κ3) is 1.31. The molecule has 1 spiro atoms. The molecule has 6 nitrogen and oxygen atoms in total. The summed E-state index contributed by atoms with van der Waals surface area (Å²) in [6.07, 6.45) is 2.33. The largest absolute Gasteiger partial charge is 0.468 e. The molecule has 7 unspecified atom stereocenters. The van der Waals surface area contributed by atoms with Gasteiger partial charge in [-0.25, -0.2) is 0 Å². The number of anilines is 1. The minimum Gasteiger partial charge on any atom is -0.468 e. The summed E-state index contributed by atoms with van der Waals surface area (Å²) in [5.74, 6) is -0.433. The lowest BCUT2D eigenvalue weighted by atomic mass is 9.43. The number of fused-ring (bicyclic) bond motifs is 3. The number of carbonyl (C=O) groups excluding carboxylic acids is 1. The van der Waals surface area contributed by atoms with Crippen LogP contribution in [0.5, 0.6) is 0 Å². The van der Waals surface area contributed by atoms with Gasteiger partial charge in [-0.05, 0) is 31.4 Å². The van der Waals surface area contributed by atoms with E-state index in [4.69, 9.17) is 9.47 Å². The first-order valence-corrected chi connectivity index (χ1v) is 10.2. The zero-order valence-corrected chi connectivity index (χ0v) is 16.5. The van der Waals surface area contributed by atoms with Crippen LogP contribution < -0.4 is 4.90 Å². The van der Waals surface area contributed by atoms with E-state index in [1.165, 1.54) is 12.7 Å². The molecule has 6 fully saturated rings. The topological polar surface area (TPSA) is 62.2 Å². The van der Waals surface area contributed by atoms with Gasteiger partial charge in [0.2, 0.25) is 0 Å². The highest BCUT2D eigenvalue weighted by Crippen LogP contribution is 2.77. The Bertz CT molecular complexity index is 931. The lowest BCUT2D eigenvalue weighted by molar-refractivity contribution is -0.331. The molecule has 5 saturated heterocycles. The number of hydrogen-bond donors (Lipinski definition) is 1. The summed E-state index contributed by atoms with van der Waals surface area (Å²) < 4.78 is 11.7. The van der Waals surface area contributed by atoms with Gasteiger partial charge in [0.1, 0.15) is 11.1 Å². The minimum absolute atomic E-state index is 0.0864. The monoisotopic (exact) mass is 382 g/mol. The number of allylic oxidation sites excluding steroid dienone is 1. The smallest absolute Gasteiger partial charge is 0.318 e. The van der Waals surface area contributed by atoms with Crippen molar-refractivity contribution in [3.8, 4) is 0 Å². The van der Waals surface area contributed by atoms with Crippen LogP contribution in [0.25, 0.3) is 0 Å². The maximum absolute atomic E-state index is 13.7. The number of methoxy groups -OCH3 is 1. The van der Waals surface area contributed by atoms with Crippen LogP contribution in [0.4, 0.5) is 5.69 Å². The molecule has 1 aromatic carbocycles. The molecule has 6 bridgehead atoms. The van der Waals surface area contributed by atoms with Crippen molar-refractivity contribution in [2.75, 3.05) is 32.1 Å². The molecule has 28 heavy (non-hydrogen) atoms. The van der Waals surface area contributed by atoms with E-state index < -0.39 is 22.8 Å². The molecule has 6 aliphatic heterocycles. The van der Waals surface area contributed by atoms with Crippen LogP contribution in [-0.2, 0) is 19.7 Å². The Balaban J connectivity index is 1.80. The van der Waals surface area contributed by atoms with Gasteiger partial charge in [-0.15, -0.1) is 0 Å². The lowest BCUT2D eigenvalue weighted by Gasteiger charge is -2.67. The number of para-hydroxylation sites is 1. The van der Waals surface area contributed by atoms with Gasteiger partial charge in [0.25, 0.3) is 0 Å². The number of hydrogen-bond acceptors (Lipinski definition) is 6. The standard InChI is InChI=1S/C22H26N2O4/c1-4-13-12-24-10-9-20-14-7-5-6-8-16(14)23(2)22(20,24)17-11-15(13)21(20,18(25)27-3)19(26)28-17/h4-8,15,17,19,26H,9-12H2,1-3H3/b13-4+. The minimum atomic E-state index is -1.18. The Morgan fingerprint density at radius 1 is 1.39 bits per heavy atom. The highest BCUT2D eigenvalue weighted by atomic mass is 16.6. The molecule has 1 aromatic rings. The first kappa shape index (κ1) is 17.0. The van der Waals surface area contributed by atoms with Crippen molar-refractivity contribution in [1.82, 2.24) is 4.90 Å². The Morgan fingerprint density at radius 3 is 2.93 bits per heavy atom. The van der Waals surface area contributed by atoms with Gasteiger partial charge < -0.3 is 19.5 Å². The molecule has 1 aliphatic carbocycles. The number of likely N-dealkylation sites (N-methyl/N-ethyl adjacent to an activating group) is 1. The molecule has 7 atom stereocenters. The van der Waals surface area contributed by atoms with Crippen molar-refractivity contribution in [1.29, 1.82) is 0 Å². The molecule has 0 radical (unpaired) electrons. The van der Waals surface area contributed by atoms with E-state index in [0.29, 0.717) is 0 Å². The second-order valence-corrected chi connectivity index (χ2v) is 8.87. The van der Waals surface area contributed by atoms with Crippen LogP contribution in [0.2, 0.25) is 0 Å². The van der Waals surface area contributed by atoms with Gasteiger partial charge in [-0.1, -0.05) is 29.8 Å². The average molecular weight is 382 g/mol. The average Bonchev–Trinajstić information content (AvgIpc) is 3.11. The lowest BCUT2D eigenvalue weighted by Crippen LogP contribution is -2.83. The predicted molar refractivity (Wildman–Crippen MR) is 103 cm³/mol. The molecule has 8 rings (SSSR count). The summed E-state index contributed by atoms with van der Waals surface area (Å²) in [4.78, 5) is 18.5. The number of esters is 1. The van der Waals surface area contributed by atoms with Crippen molar-refractivity contribution in [3.05, 3.63) is 41.5 Å². The Labute approximate surface area is 164 Å². The third-order valence-corrected chi connectivity index (χ3v) is 8.66. The number of aliphatic hydroxyl groups is 1. The van der Waals surface area contributed by atoms with E-state index in [0.717, 1.165) is 37.2 Å². The Kier molecular flexibility index (Phi) is 3.03. The van der Waals surface area contributed by atoms with E-state index in [9.17, 15) is 9.90 Å². The zero-order valence-electron chi connectivity index (χ0n) is 16.5. The van der Waals surface area contributed by atoms with Gasteiger partial charge in [0.15, 0.2) is 6.29 Å². The first-order valence-electron chi connectivity index (χ1n) is 10.2. The Hall–Kier alpha value is -1.89.